The van der Waals surface area contributed by atoms with Gasteiger partial charge in [-0.05, 0) is 31.4 Å². The van der Waals surface area contributed by atoms with Gasteiger partial charge in [-0.3, -0.25) is 14.7 Å². The van der Waals surface area contributed by atoms with E-state index < -0.39 is 0 Å². The standard InChI is InChI=1S/C23H37N5O2.HI/c1-24-23(26-17-21-9-6-11-27(21)13-14-30-2)25-16-20-15-22(29)28(18-20)12-10-19-7-4-3-5-8-19;/h3-5,7-8,20-21H,6,9-18H2,1-2H3,(H2,24,25,26);1H. The zero-order valence-electron chi connectivity index (χ0n) is 18.9. The van der Waals surface area contributed by atoms with E-state index in [1.807, 2.05) is 11.0 Å². The van der Waals surface area contributed by atoms with Crippen LogP contribution in [0.2, 0.25) is 0 Å². The van der Waals surface area contributed by atoms with Crippen molar-refractivity contribution in [3.63, 3.8) is 0 Å². The first-order chi connectivity index (χ1) is 14.7. The molecule has 2 aliphatic rings. The zero-order chi connectivity index (χ0) is 21.2. The Morgan fingerprint density at radius 1 is 1.19 bits per heavy atom. The predicted octanol–water partition coefficient (Wildman–Crippen LogP) is 1.97. The molecule has 0 radical (unpaired) electrons. The van der Waals surface area contributed by atoms with Crippen molar-refractivity contribution >= 4 is 35.8 Å². The maximum atomic E-state index is 12.4. The fourth-order valence-electron chi connectivity index (χ4n) is 4.42. The number of ether oxygens (including phenoxy) is 1. The minimum atomic E-state index is 0. The summed E-state index contributed by atoms with van der Waals surface area (Å²) in [6.45, 7) is 6.18. The van der Waals surface area contributed by atoms with E-state index in [2.05, 4.69) is 44.8 Å². The van der Waals surface area contributed by atoms with Crippen LogP contribution in [-0.2, 0) is 16.0 Å². The second-order valence-electron chi connectivity index (χ2n) is 8.30. The van der Waals surface area contributed by atoms with Crippen LogP contribution in [0.15, 0.2) is 35.3 Å². The van der Waals surface area contributed by atoms with Crippen LogP contribution in [0.25, 0.3) is 0 Å². The number of aliphatic imine (C=N–C) groups is 1. The SMILES string of the molecule is CN=C(NCC1CC(=O)N(CCc2ccccc2)C1)NCC1CCCN1CCOC.I. The fourth-order valence-corrected chi connectivity index (χ4v) is 4.42. The van der Waals surface area contributed by atoms with Gasteiger partial charge in [0.15, 0.2) is 5.96 Å². The molecule has 2 atom stereocenters. The van der Waals surface area contributed by atoms with Crippen molar-refractivity contribution < 1.29 is 9.53 Å². The second kappa shape index (κ2) is 13.9. The van der Waals surface area contributed by atoms with Crippen LogP contribution in [0.4, 0.5) is 0 Å². The Morgan fingerprint density at radius 2 is 1.97 bits per heavy atom. The second-order valence-corrected chi connectivity index (χ2v) is 8.30. The van der Waals surface area contributed by atoms with Gasteiger partial charge in [0.2, 0.25) is 5.91 Å². The van der Waals surface area contributed by atoms with Crippen LogP contribution in [-0.4, -0.2) is 87.7 Å². The molecule has 1 aromatic carbocycles. The Balaban J connectivity index is 0.00000341. The lowest BCUT2D eigenvalue weighted by molar-refractivity contribution is -0.127. The molecule has 0 aliphatic carbocycles. The maximum absolute atomic E-state index is 12.4. The molecule has 2 aliphatic heterocycles. The molecule has 3 rings (SSSR count). The van der Waals surface area contributed by atoms with E-state index in [0.29, 0.717) is 18.4 Å². The number of hydrogen-bond acceptors (Lipinski definition) is 4. The molecule has 174 valence electrons. The first kappa shape index (κ1) is 25.9. The fraction of sp³-hybridized carbons (Fsp3) is 0.652. The van der Waals surface area contributed by atoms with Crippen LogP contribution in [0.3, 0.4) is 0 Å². The average Bonchev–Trinajstić information content (AvgIpc) is 3.37. The number of carbonyl (C=O) groups is 1. The number of rotatable bonds is 10. The van der Waals surface area contributed by atoms with Crippen molar-refractivity contribution in [2.24, 2.45) is 10.9 Å². The number of methoxy groups -OCH3 is 1. The molecule has 2 unspecified atom stereocenters. The van der Waals surface area contributed by atoms with Gasteiger partial charge in [-0.25, -0.2) is 0 Å². The van der Waals surface area contributed by atoms with Crippen molar-refractivity contribution in [3.8, 4) is 0 Å². The third-order valence-corrected chi connectivity index (χ3v) is 6.18. The third-order valence-electron chi connectivity index (χ3n) is 6.18. The quantitative estimate of drug-likeness (QED) is 0.269. The highest BCUT2D eigenvalue weighted by molar-refractivity contribution is 14.0. The molecule has 0 aromatic heterocycles. The smallest absolute Gasteiger partial charge is 0.223 e. The van der Waals surface area contributed by atoms with E-state index in [9.17, 15) is 4.79 Å². The van der Waals surface area contributed by atoms with E-state index in [1.165, 1.54) is 18.4 Å². The summed E-state index contributed by atoms with van der Waals surface area (Å²) in [7, 11) is 3.56. The number of nitrogens with zero attached hydrogens (tertiary/aromatic N) is 3. The van der Waals surface area contributed by atoms with E-state index in [1.54, 1.807) is 14.2 Å². The van der Waals surface area contributed by atoms with Gasteiger partial charge in [-0.2, -0.15) is 0 Å². The first-order valence-corrected chi connectivity index (χ1v) is 11.2. The summed E-state index contributed by atoms with van der Waals surface area (Å²) in [5.41, 5.74) is 1.28. The summed E-state index contributed by atoms with van der Waals surface area (Å²) in [5, 5.41) is 6.89. The number of nitrogens with one attached hydrogen (secondary N) is 2. The number of guanidine groups is 1. The van der Waals surface area contributed by atoms with Crippen molar-refractivity contribution in [2.75, 3.05) is 60.0 Å². The highest BCUT2D eigenvalue weighted by Crippen LogP contribution is 2.18. The van der Waals surface area contributed by atoms with Crippen molar-refractivity contribution in [1.29, 1.82) is 0 Å². The Hall–Kier alpha value is -1.39. The normalized spacial score (nSPS) is 21.9. The van der Waals surface area contributed by atoms with Gasteiger partial charge in [0.1, 0.15) is 0 Å². The molecule has 0 saturated carbocycles. The Kier molecular flexibility index (Phi) is 11.6. The Bertz CT molecular complexity index is 688. The van der Waals surface area contributed by atoms with Crippen LogP contribution in [0, 0.1) is 5.92 Å². The first-order valence-electron chi connectivity index (χ1n) is 11.2. The monoisotopic (exact) mass is 543 g/mol. The summed E-state index contributed by atoms with van der Waals surface area (Å²) in [6.07, 6.45) is 3.98. The van der Waals surface area contributed by atoms with E-state index >= 15 is 0 Å². The van der Waals surface area contributed by atoms with Gasteiger partial charge >= 0.3 is 0 Å². The molecule has 8 heteroatoms. The van der Waals surface area contributed by atoms with E-state index in [4.69, 9.17) is 4.74 Å². The van der Waals surface area contributed by atoms with Crippen LogP contribution in [0.1, 0.15) is 24.8 Å². The summed E-state index contributed by atoms with van der Waals surface area (Å²) in [5.74, 6) is 1.42. The zero-order valence-corrected chi connectivity index (χ0v) is 21.2. The number of halogens is 1. The molecule has 1 aromatic rings. The minimum Gasteiger partial charge on any atom is -0.383 e. The Morgan fingerprint density at radius 3 is 2.71 bits per heavy atom. The molecule has 2 fully saturated rings. The highest BCUT2D eigenvalue weighted by atomic mass is 127. The summed E-state index contributed by atoms with van der Waals surface area (Å²) in [4.78, 5) is 21.2. The molecule has 31 heavy (non-hydrogen) atoms. The number of carbonyl (C=O) groups excluding carboxylic acids is 1. The Labute approximate surface area is 204 Å². The van der Waals surface area contributed by atoms with Crippen molar-refractivity contribution in [3.05, 3.63) is 35.9 Å². The van der Waals surface area contributed by atoms with Gasteiger partial charge in [0.25, 0.3) is 0 Å². The van der Waals surface area contributed by atoms with Crippen molar-refractivity contribution in [1.82, 2.24) is 20.4 Å². The molecule has 2 heterocycles. The lowest BCUT2D eigenvalue weighted by Crippen LogP contribution is -2.46. The summed E-state index contributed by atoms with van der Waals surface area (Å²) in [6, 6.07) is 10.9. The van der Waals surface area contributed by atoms with Crippen LogP contribution >= 0.6 is 24.0 Å². The van der Waals surface area contributed by atoms with E-state index in [-0.39, 0.29) is 29.9 Å². The largest absolute Gasteiger partial charge is 0.383 e. The van der Waals surface area contributed by atoms with E-state index in [0.717, 1.165) is 58.3 Å². The molecule has 1 amide bonds. The molecular weight excluding hydrogens is 505 g/mol. The molecule has 0 bridgehead atoms. The number of hydrogen-bond donors (Lipinski definition) is 2. The number of likely N-dealkylation sites (tertiary alicyclic amines) is 2. The lowest BCUT2D eigenvalue weighted by atomic mass is 10.1. The number of amides is 1. The minimum absolute atomic E-state index is 0. The topological polar surface area (TPSA) is 69.2 Å². The van der Waals surface area contributed by atoms with Gasteiger partial charge in [-0.15, -0.1) is 24.0 Å². The lowest BCUT2D eigenvalue weighted by Gasteiger charge is -2.25. The van der Waals surface area contributed by atoms with Gasteiger partial charge < -0.3 is 20.3 Å². The van der Waals surface area contributed by atoms with Crippen LogP contribution < -0.4 is 10.6 Å². The molecule has 7 nitrogen and oxygen atoms in total. The summed E-state index contributed by atoms with van der Waals surface area (Å²) >= 11 is 0. The average molecular weight is 543 g/mol. The van der Waals surface area contributed by atoms with Crippen molar-refractivity contribution in [2.45, 2.75) is 31.7 Å². The number of benzene rings is 1. The van der Waals surface area contributed by atoms with Gasteiger partial charge in [0.05, 0.1) is 6.61 Å². The van der Waals surface area contributed by atoms with Gasteiger partial charge in [-0.1, -0.05) is 30.3 Å². The summed E-state index contributed by atoms with van der Waals surface area (Å²) < 4.78 is 5.22. The molecule has 2 saturated heterocycles. The molecule has 0 spiro atoms. The highest BCUT2D eigenvalue weighted by Gasteiger charge is 2.29. The molecular formula is C23H38IN5O2. The third kappa shape index (κ3) is 8.23. The van der Waals surface area contributed by atoms with Gasteiger partial charge in [0, 0.05) is 65.3 Å². The molecule has 2 N–H and O–H groups in total. The predicted molar refractivity (Wildman–Crippen MR) is 136 cm³/mol. The maximum Gasteiger partial charge on any atom is 0.223 e. The van der Waals surface area contributed by atoms with Crippen LogP contribution in [0.5, 0.6) is 0 Å².